The molecule has 21 heavy (non-hydrogen) atoms. The third kappa shape index (κ3) is 6.22. The summed E-state index contributed by atoms with van der Waals surface area (Å²) in [5.74, 6) is -0.173. The Kier molecular flexibility index (Phi) is 8.26. The number of amides is 1. The highest BCUT2D eigenvalue weighted by Crippen LogP contribution is 2.20. The van der Waals surface area contributed by atoms with Gasteiger partial charge in [0.15, 0.2) is 0 Å². The van der Waals surface area contributed by atoms with Gasteiger partial charge in [-0.15, -0.1) is 12.4 Å². The summed E-state index contributed by atoms with van der Waals surface area (Å²) in [5.41, 5.74) is 6.60. The molecule has 0 heterocycles. The fourth-order valence-corrected chi connectivity index (χ4v) is 1.84. The molecule has 0 spiro atoms. The van der Waals surface area contributed by atoms with E-state index in [1.165, 1.54) is 0 Å². The van der Waals surface area contributed by atoms with Crippen molar-refractivity contribution in [1.29, 1.82) is 0 Å². The molecule has 1 unspecified atom stereocenters. The van der Waals surface area contributed by atoms with Crippen LogP contribution in [0.3, 0.4) is 0 Å². The van der Waals surface area contributed by atoms with Gasteiger partial charge < -0.3 is 15.8 Å². The van der Waals surface area contributed by atoms with Gasteiger partial charge in [-0.3, -0.25) is 4.79 Å². The first-order chi connectivity index (χ1) is 9.25. The van der Waals surface area contributed by atoms with E-state index in [1.807, 2.05) is 32.9 Å². The van der Waals surface area contributed by atoms with Crippen LogP contribution >= 0.6 is 24.0 Å². The highest BCUT2D eigenvalue weighted by molar-refractivity contribution is 6.30. The summed E-state index contributed by atoms with van der Waals surface area (Å²) >= 11 is 5.85. The van der Waals surface area contributed by atoms with Crippen molar-refractivity contribution in [2.24, 2.45) is 11.1 Å². The molecule has 1 rings (SSSR count). The van der Waals surface area contributed by atoms with Gasteiger partial charge in [-0.05, 0) is 23.1 Å². The van der Waals surface area contributed by atoms with E-state index in [0.717, 1.165) is 5.56 Å². The first kappa shape index (κ1) is 20.2. The second kappa shape index (κ2) is 8.59. The first-order valence-corrected chi connectivity index (χ1v) is 6.95. The van der Waals surface area contributed by atoms with Crippen molar-refractivity contribution < 1.29 is 9.53 Å². The van der Waals surface area contributed by atoms with Gasteiger partial charge in [0.05, 0.1) is 12.1 Å². The number of ether oxygens (including phenoxy) is 1. The third-order valence-electron chi connectivity index (χ3n) is 3.20. The van der Waals surface area contributed by atoms with Crippen molar-refractivity contribution in [2.45, 2.75) is 32.9 Å². The minimum absolute atomic E-state index is 0. The lowest BCUT2D eigenvalue weighted by atomic mass is 9.87. The van der Waals surface area contributed by atoms with Crippen LogP contribution in [0.5, 0.6) is 0 Å². The van der Waals surface area contributed by atoms with E-state index in [9.17, 15) is 4.79 Å². The molecule has 1 amide bonds. The summed E-state index contributed by atoms with van der Waals surface area (Å²) in [6, 6.07) is 6.81. The van der Waals surface area contributed by atoms with Crippen LogP contribution in [0.1, 0.15) is 32.4 Å². The number of halogens is 2. The zero-order chi connectivity index (χ0) is 15.3. The van der Waals surface area contributed by atoms with Crippen LogP contribution in [0.4, 0.5) is 0 Å². The number of hydrogen-bond acceptors (Lipinski definition) is 3. The molecule has 0 saturated heterocycles. The van der Waals surface area contributed by atoms with Crippen LogP contribution in [0.15, 0.2) is 24.3 Å². The predicted octanol–water partition coefficient (Wildman–Crippen LogP) is 2.94. The van der Waals surface area contributed by atoms with Gasteiger partial charge in [-0.1, -0.05) is 44.5 Å². The molecular formula is C15H24Cl2N2O2. The fourth-order valence-electron chi connectivity index (χ4n) is 1.71. The van der Waals surface area contributed by atoms with E-state index >= 15 is 0 Å². The molecule has 120 valence electrons. The van der Waals surface area contributed by atoms with Crippen LogP contribution in [0.2, 0.25) is 5.02 Å². The van der Waals surface area contributed by atoms with Gasteiger partial charge in [-0.25, -0.2) is 0 Å². The van der Waals surface area contributed by atoms with Gasteiger partial charge in [0.2, 0.25) is 5.91 Å². The molecule has 0 aliphatic carbocycles. The summed E-state index contributed by atoms with van der Waals surface area (Å²) < 4.78 is 5.39. The standard InChI is InChI=1S/C15H23ClN2O2.ClH/c1-15(2,3)13(17)14(19)18-9-12(20-4)10-5-7-11(16)8-6-10;/h5-8,12-13H,9,17H2,1-4H3,(H,18,19);1H/t12?,13-;/m1./s1. The topological polar surface area (TPSA) is 64.3 Å². The lowest BCUT2D eigenvalue weighted by Gasteiger charge is -2.26. The van der Waals surface area contributed by atoms with Crippen molar-refractivity contribution in [3.8, 4) is 0 Å². The van der Waals surface area contributed by atoms with Crippen LogP contribution in [-0.2, 0) is 9.53 Å². The maximum absolute atomic E-state index is 12.0. The van der Waals surface area contributed by atoms with Crippen LogP contribution in [-0.4, -0.2) is 25.6 Å². The zero-order valence-electron chi connectivity index (χ0n) is 12.9. The van der Waals surface area contributed by atoms with Gasteiger partial charge in [0.25, 0.3) is 0 Å². The average Bonchev–Trinajstić information content (AvgIpc) is 2.39. The van der Waals surface area contributed by atoms with Crippen molar-refractivity contribution >= 4 is 29.9 Å². The van der Waals surface area contributed by atoms with Gasteiger partial charge in [0, 0.05) is 18.7 Å². The summed E-state index contributed by atoms with van der Waals surface area (Å²) in [4.78, 5) is 12.0. The monoisotopic (exact) mass is 334 g/mol. The molecule has 0 aliphatic rings. The molecule has 6 heteroatoms. The lowest BCUT2D eigenvalue weighted by Crippen LogP contribution is -2.49. The normalized spacial score (nSPS) is 14.0. The van der Waals surface area contributed by atoms with E-state index < -0.39 is 6.04 Å². The molecule has 2 atom stereocenters. The number of nitrogens with two attached hydrogens (primary N) is 1. The van der Waals surface area contributed by atoms with Crippen molar-refractivity contribution in [3.05, 3.63) is 34.9 Å². The van der Waals surface area contributed by atoms with Gasteiger partial charge >= 0.3 is 0 Å². The SMILES string of the molecule is COC(CNC(=O)[C@@H](N)C(C)(C)C)c1ccc(Cl)cc1.Cl. The number of nitrogens with one attached hydrogen (secondary N) is 1. The molecular weight excluding hydrogens is 311 g/mol. The highest BCUT2D eigenvalue weighted by atomic mass is 35.5. The van der Waals surface area contributed by atoms with Crippen LogP contribution < -0.4 is 11.1 Å². The molecule has 4 nitrogen and oxygen atoms in total. The Bertz CT molecular complexity index is 444. The Hall–Kier alpha value is -0.810. The van der Waals surface area contributed by atoms with Crippen LogP contribution in [0.25, 0.3) is 0 Å². The zero-order valence-corrected chi connectivity index (χ0v) is 14.4. The number of hydrogen-bond donors (Lipinski definition) is 2. The predicted molar refractivity (Wildman–Crippen MR) is 88.9 cm³/mol. The van der Waals surface area contributed by atoms with E-state index in [0.29, 0.717) is 11.6 Å². The maximum atomic E-state index is 12.0. The summed E-state index contributed by atoms with van der Waals surface area (Å²) in [6.45, 7) is 6.18. The van der Waals surface area contributed by atoms with E-state index in [-0.39, 0.29) is 29.8 Å². The van der Waals surface area contributed by atoms with Crippen molar-refractivity contribution in [1.82, 2.24) is 5.32 Å². The Morgan fingerprint density at radius 1 is 1.33 bits per heavy atom. The summed E-state index contributed by atoms with van der Waals surface area (Å²) in [5, 5.41) is 3.50. The smallest absolute Gasteiger partial charge is 0.237 e. The molecule has 0 aliphatic heterocycles. The molecule has 1 aromatic carbocycles. The van der Waals surface area contributed by atoms with E-state index in [2.05, 4.69) is 5.32 Å². The highest BCUT2D eigenvalue weighted by Gasteiger charge is 2.27. The lowest BCUT2D eigenvalue weighted by molar-refractivity contribution is -0.125. The second-order valence-corrected chi connectivity index (χ2v) is 6.30. The minimum atomic E-state index is -0.551. The Balaban J connectivity index is 0.00000400. The average molecular weight is 335 g/mol. The number of carbonyl (C=O) groups is 1. The Morgan fingerprint density at radius 3 is 2.29 bits per heavy atom. The fraction of sp³-hybridized carbons (Fsp3) is 0.533. The summed E-state index contributed by atoms with van der Waals surface area (Å²) in [6.07, 6.45) is -0.219. The second-order valence-electron chi connectivity index (χ2n) is 5.86. The Morgan fingerprint density at radius 2 is 1.86 bits per heavy atom. The number of methoxy groups -OCH3 is 1. The van der Waals surface area contributed by atoms with Crippen molar-refractivity contribution in [2.75, 3.05) is 13.7 Å². The molecule has 0 radical (unpaired) electrons. The maximum Gasteiger partial charge on any atom is 0.237 e. The molecule has 0 saturated carbocycles. The number of benzene rings is 1. The Labute approximate surface area is 137 Å². The van der Waals surface area contributed by atoms with Crippen LogP contribution in [0, 0.1) is 5.41 Å². The van der Waals surface area contributed by atoms with Gasteiger partial charge in [0.1, 0.15) is 0 Å². The number of carbonyl (C=O) groups excluding carboxylic acids is 1. The molecule has 0 bridgehead atoms. The molecule has 3 N–H and O–H groups in total. The van der Waals surface area contributed by atoms with Crippen molar-refractivity contribution in [3.63, 3.8) is 0 Å². The quantitative estimate of drug-likeness (QED) is 0.870. The van der Waals surface area contributed by atoms with Gasteiger partial charge in [-0.2, -0.15) is 0 Å². The number of rotatable bonds is 5. The van der Waals surface area contributed by atoms with E-state index in [4.69, 9.17) is 22.1 Å². The minimum Gasteiger partial charge on any atom is -0.375 e. The first-order valence-electron chi connectivity index (χ1n) is 6.57. The molecule has 1 aromatic rings. The third-order valence-corrected chi connectivity index (χ3v) is 3.46. The summed E-state index contributed by atoms with van der Waals surface area (Å²) in [7, 11) is 1.61. The molecule has 0 aromatic heterocycles. The molecule has 0 fully saturated rings. The largest absolute Gasteiger partial charge is 0.375 e. The van der Waals surface area contributed by atoms with E-state index in [1.54, 1.807) is 19.2 Å².